The minimum atomic E-state index is -3.57. The normalized spacial score (nSPS) is 17.8. The van der Waals surface area contributed by atoms with Gasteiger partial charge < -0.3 is 28.7 Å². The highest BCUT2D eigenvalue weighted by atomic mass is 32.2. The summed E-state index contributed by atoms with van der Waals surface area (Å²) in [6.45, 7) is 11.4. The van der Waals surface area contributed by atoms with E-state index in [1.165, 1.54) is 25.8 Å². The molecule has 9 nitrogen and oxygen atoms in total. The lowest BCUT2D eigenvalue weighted by Crippen LogP contribution is -2.57. The van der Waals surface area contributed by atoms with Crippen LogP contribution >= 0.6 is 0 Å². The lowest BCUT2D eigenvalue weighted by Gasteiger charge is -2.42. The standard InChI is InChI=1S/C15H24N2O4S.C8H10O.2CH2O/c1-11-9-16(3)10-12(2)17(11)22(18,19)13-6-7-14(20-4)15(8-13)21-5;1-7-3-5-8(9-2)6-4-7;2*1-2/h6-8,11-12H,9-10H2,1-5H3;3-6H,1-2H3;2*1H2. The zero-order valence-corrected chi connectivity index (χ0v) is 22.5. The number of aryl methyl sites for hydroxylation is 1. The molecule has 1 fully saturated rings. The summed E-state index contributed by atoms with van der Waals surface area (Å²) >= 11 is 0. The average molecular weight is 511 g/mol. The zero-order valence-electron chi connectivity index (χ0n) is 21.7. The van der Waals surface area contributed by atoms with Crippen LogP contribution in [0.4, 0.5) is 0 Å². The Bertz CT molecular complexity index is 970. The van der Waals surface area contributed by atoms with Gasteiger partial charge in [0.05, 0.1) is 26.2 Å². The minimum Gasteiger partial charge on any atom is -0.497 e. The van der Waals surface area contributed by atoms with E-state index in [9.17, 15) is 8.42 Å². The number of ether oxygens (including phenoxy) is 3. The van der Waals surface area contributed by atoms with E-state index in [1.54, 1.807) is 23.5 Å². The lowest BCUT2D eigenvalue weighted by molar-refractivity contribution is -0.0987. The largest absolute Gasteiger partial charge is 0.497 e. The molecule has 2 aromatic rings. The third kappa shape index (κ3) is 8.97. The van der Waals surface area contributed by atoms with Crippen LogP contribution in [0.5, 0.6) is 17.2 Å². The molecule has 1 heterocycles. The van der Waals surface area contributed by atoms with Gasteiger partial charge in [0.1, 0.15) is 19.3 Å². The number of nitrogens with zero attached hydrogens (tertiary/aromatic N) is 2. The van der Waals surface area contributed by atoms with Gasteiger partial charge in [0.25, 0.3) is 0 Å². The number of rotatable bonds is 5. The van der Waals surface area contributed by atoms with Crippen molar-refractivity contribution in [3.63, 3.8) is 0 Å². The fourth-order valence-electron chi connectivity index (χ4n) is 3.82. The van der Waals surface area contributed by atoms with E-state index in [0.717, 1.165) is 18.8 Å². The second-order valence-electron chi connectivity index (χ2n) is 7.79. The number of carbonyl (C=O) groups is 2. The molecule has 0 aromatic heterocycles. The van der Waals surface area contributed by atoms with E-state index in [4.69, 9.17) is 23.8 Å². The van der Waals surface area contributed by atoms with Crippen molar-refractivity contribution in [2.24, 2.45) is 0 Å². The van der Waals surface area contributed by atoms with Crippen molar-refractivity contribution in [2.45, 2.75) is 37.8 Å². The number of carbonyl (C=O) groups excluding carboxylic acids is 2. The van der Waals surface area contributed by atoms with Gasteiger partial charge in [0, 0.05) is 31.2 Å². The number of hydrogen-bond acceptors (Lipinski definition) is 8. The van der Waals surface area contributed by atoms with Gasteiger partial charge >= 0.3 is 0 Å². The molecular weight excluding hydrogens is 472 g/mol. The van der Waals surface area contributed by atoms with E-state index >= 15 is 0 Å². The topological polar surface area (TPSA) is 102 Å². The molecule has 1 aliphatic rings. The van der Waals surface area contributed by atoms with Crippen LogP contribution in [0.25, 0.3) is 0 Å². The Morgan fingerprint density at radius 2 is 1.29 bits per heavy atom. The van der Waals surface area contributed by atoms with Crippen LogP contribution in [-0.4, -0.2) is 84.8 Å². The summed E-state index contributed by atoms with van der Waals surface area (Å²) in [5.41, 5.74) is 1.26. The Hall–Kier alpha value is -2.95. The number of benzene rings is 2. The molecule has 2 unspecified atom stereocenters. The first kappa shape index (κ1) is 32.0. The van der Waals surface area contributed by atoms with Crippen LogP contribution in [0.1, 0.15) is 19.4 Å². The van der Waals surface area contributed by atoms with Crippen LogP contribution in [0.15, 0.2) is 47.4 Å². The fourth-order valence-corrected chi connectivity index (χ4v) is 5.64. The van der Waals surface area contributed by atoms with Crippen molar-refractivity contribution in [1.29, 1.82) is 0 Å². The Labute approximate surface area is 209 Å². The maximum absolute atomic E-state index is 13.0. The van der Waals surface area contributed by atoms with Crippen LogP contribution in [0.3, 0.4) is 0 Å². The SMILES string of the molecule is C=O.C=O.COc1ccc(C)cc1.COc1ccc(S(=O)(=O)N2C(C)CN(C)CC2C)cc1OC. The van der Waals surface area contributed by atoms with E-state index in [0.29, 0.717) is 11.5 Å². The van der Waals surface area contributed by atoms with Gasteiger partial charge in [-0.05, 0) is 52.1 Å². The van der Waals surface area contributed by atoms with E-state index in [1.807, 2.05) is 58.7 Å². The highest BCUT2D eigenvalue weighted by Crippen LogP contribution is 2.32. The summed E-state index contributed by atoms with van der Waals surface area (Å²) < 4.78 is 42.9. The quantitative estimate of drug-likeness (QED) is 0.605. The van der Waals surface area contributed by atoms with Gasteiger partial charge in [0.15, 0.2) is 11.5 Å². The molecule has 10 heteroatoms. The van der Waals surface area contributed by atoms with Crippen LogP contribution in [0.2, 0.25) is 0 Å². The van der Waals surface area contributed by atoms with Gasteiger partial charge in [-0.3, -0.25) is 0 Å². The first-order valence-corrected chi connectivity index (χ1v) is 12.2. The van der Waals surface area contributed by atoms with Crippen molar-refractivity contribution in [1.82, 2.24) is 9.21 Å². The molecule has 0 spiro atoms. The predicted molar refractivity (Wildman–Crippen MR) is 137 cm³/mol. The van der Waals surface area contributed by atoms with Crippen molar-refractivity contribution >= 4 is 23.6 Å². The second-order valence-corrected chi connectivity index (χ2v) is 9.63. The molecular formula is C25H38N2O7S. The van der Waals surface area contributed by atoms with Crippen molar-refractivity contribution in [3.8, 4) is 17.2 Å². The highest BCUT2D eigenvalue weighted by molar-refractivity contribution is 7.89. The van der Waals surface area contributed by atoms with E-state index in [2.05, 4.69) is 11.8 Å². The molecule has 1 aliphatic heterocycles. The summed E-state index contributed by atoms with van der Waals surface area (Å²) in [6, 6.07) is 12.5. The number of likely N-dealkylation sites (N-methyl/N-ethyl adjacent to an activating group) is 1. The van der Waals surface area contributed by atoms with Crippen molar-refractivity contribution < 1.29 is 32.2 Å². The first-order chi connectivity index (χ1) is 16.6. The summed E-state index contributed by atoms with van der Waals surface area (Å²) in [7, 11) is 3.13. The van der Waals surface area contributed by atoms with E-state index < -0.39 is 10.0 Å². The number of hydrogen-bond donors (Lipinski definition) is 0. The number of sulfonamides is 1. The molecule has 2 aromatic carbocycles. The van der Waals surface area contributed by atoms with Crippen LogP contribution in [-0.2, 0) is 19.6 Å². The Morgan fingerprint density at radius 1 is 0.800 bits per heavy atom. The molecule has 2 atom stereocenters. The monoisotopic (exact) mass is 510 g/mol. The fraction of sp³-hybridized carbons (Fsp3) is 0.440. The maximum atomic E-state index is 13.0. The smallest absolute Gasteiger partial charge is 0.243 e. The van der Waals surface area contributed by atoms with Gasteiger partial charge in [0.2, 0.25) is 10.0 Å². The molecule has 0 amide bonds. The Balaban J connectivity index is 0.000000740. The third-order valence-corrected chi connectivity index (χ3v) is 7.33. The van der Waals surface area contributed by atoms with Crippen LogP contribution in [0, 0.1) is 6.92 Å². The zero-order chi connectivity index (χ0) is 27.2. The maximum Gasteiger partial charge on any atom is 0.243 e. The summed E-state index contributed by atoms with van der Waals surface area (Å²) in [5, 5.41) is 0. The first-order valence-electron chi connectivity index (χ1n) is 10.8. The second kappa shape index (κ2) is 15.9. The highest BCUT2D eigenvalue weighted by Gasteiger charge is 2.37. The summed E-state index contributed by atoms with van der Waals surface area (Å²) in [4.78, 5) is 18.4. The predicted octanol–water partition coefficient (Wildman–Crippen LogP) is 3.05. The molecule has 0 saturated carbocycles. The summed E-state index contributed by atoms with van der Waals surface area (Å²) in [5.74, 6) is 1.85. The van der Waals surface area contributed by atoms with Gasteiger partial charge in [-0.25, -0.2) is 8.42 Å². The Morgan fingerprint density at radius 3 is 1.71 bits per heavy atom. The molecule has 3 rings (SSSR count). The minimum absolute atomic E-state index is 0.0770. The molecule has 1 saturated heterocycles. The molecule has 35 heavy (non-hydrogen) atoms. The summed E-state index contributed by atoms with van der Waals surface area (Å²) in [6.07, 6.45) is 0. The average Bonchev–Trinajstić information content (AvgIpc) is 2.86. The van der Waals surface area contributed by atoms with Crippen molar-refractivity contribution in [2.75, 3.05) is 41.5 Å². The van der Waals surface area contributed by atoms with E-state index in [-0.39, 0.29) is 17.0 Å². The molecule has 196 valence electrons. The molecule has 0 aliphatic carbocycles. The van der Waals surface area contributed by atoms with Crippen LogP contribution < -0.4 is 14.2 Å². The number of piperazine rings is 1. The Kier molecular flexibility index (Phi) is 14.5. The van der Waals surface area contributed by atoms with Gasteiger partial charge in [-0.2, -0.15) is 4.31 Å². The molecule has 0 radical (unpaired) electrons. The number of methoxy groups -OCH3 is 3. The van der Waals surface area contributed by atoms with Gasteiger partial charge in [-0.15, -0.1) is 0 Å². The third-order valence-electron chi connectivity index (χ3n) is 5.21. The lowest BCUT2D eigenvalue weighted by atomic mass is 10.2. The van der Waals surface area contributed by atoms with Gasteiger partial charge in [-0.1, -0.05) is 17.7 Å². The molecule has 0 N–H and O–H groups in total. The van der Waals surface area contributed by atoms with Crippen molar-refractivity contribution in [3.05, 3.63) is 48.0 Å². The molecule has 0 bridgehead atoms.